The van der Waals surface area contributed by atoms with E-state index in [2.05, 4.69) is 21.8 Å². The number of carbonyl (C=O) groups is 1. The number of nitrogens with zero attached hydrogens (tertiary/aromatic N) is 5. The first-order valence-electron chi connectivity index (χ1n) is 8.30. The van der Waals surface area contributed by atoms with Crippen LogP contribution in [0.25, 0.3) is 5.82 Å². The topological polar surface area (TPSA) is 65.6 Å². The molecule has 0 aromatic carbocycles. The van der Waals surface area contributed by atoms with Gasteiger partial charge in [0, 0.05) is 29.7 Å². The third kappa shape index (κ3) is 3.48. The van der Waals surface area contributed by atoms with Crippen LogP contribution in [0.3, 0.4) is 0 Å². The van der Waals surface area contributed by atoms with E-state index in [9.17, 15) is 4.79 Å². The molecule has 26 heavy (non-hydrogen) atoms. The Hall–Kier alpha value is -2.67. The van der Waals surface area contributed by atoms with Gasteiger partial charge in [-0.2, -0.15) is 0 Å². The third-order valence-electron chi connectivity index (χ3n) is 4.16. The minimum absolute atomic E-state index is 0.0658. The summed E-state index contributed by atoms with van der Waals surface area (Å²) in [4.78, 5) is 17.2. The van der Waals surface area contributed by atoms with Crippen molar-refractivity contribution in [3.8, 4) is 5.82 Å². The molecule has 0 saturated heterocycles. The van der Waals surface area contributed by atoms with Gasteiger partial charge in [0.2, 0.25) is 0 Å². The normalized spacial score (nSPS) is 10.9. The van der Waals surface area contributed by atoms with E-state index in [1.807, 2.05) is 54.2 Å². The summed E-state index contributed by atoms with van der Waals surface area (Å²) in [6.45, 7) is 10.2. The molecular formula is C19H21N5OS. The maximum atomic E-state index is 12.8. The van der Waals surface area contributed by atoms with Crippen LogP contribution in [0.2, 0.25) is 0 Å². The summed E-state index contributed by atoms with van der Waals surface area (Å²) in [5.74, 6) is 2.00. The molecule has 3 aromatic rings. The van der Waals surface area contributed by atoms with Gasteiger partial charge in [-0.25, -0.2) is 4.98 Å². The van der Waals surface area contributed by atoms with E-state index in [1.165, 1.54) is 11.8 Å². The fraction of sp³-hybridized carbons (Fsp3) is 0.263. The number of allylic oxidation sites excluding steroid dienone is 1. The lowest BCUT2D eigenvalue weighted by Crippen LogP contribution is -2.07. The van der Waals surface area contributed by atoms with Crippen molar-refractivity contribution < 1.29 is 4.79 Å². The standard InChI is InChI=1S/C19H21N5OS/c1-5-10-23-15(4)21-22-19(23)26-12-17(25)16-11-13(2)24(14(16)3)18-8-6-7-9-20-18/h5-9,11H,1,10,12H2,2-4H3. The number of rotatable bonds is 7. The lowest BCUT2D eigenvalue weighted by Gasteiger charge is -2.08. The predicted molar refractivity (Wildman–Crippen MR) is 103 cm³/mol. The quantitative estimate of drug-likeness (QED) is 0.363. The Morgan fingerprint density at radius 2 is 2.08 bits per heavy atom. The van der Waals surface area contributed by atoms with Crippen LogP contribution >= 0.6 is 11.8 Å². The summed E-state index contributed by atoms with van der Waals surface area (Å²) < 4.78 is 3.95. The predicted octanol–water partition coefficient (Wildman–Crippen LogP) is 3.55. The second kappa shape index (κ2) is 7.70. The first kappa shape index (κ1) is 18.1. The van der Waals surface area contributed by atoms with Gasteiger partial charge >= 0.3 is 0 Å². The van der Waals surface area contributed by atoms with Gasteiger partial charge < -0.3 is 9.13 Å². The van der Waals surface area contributed by atoms with E-state index in [0.29, 0.717) is 17.9 Å². The highest BCUT2D eigenvalue weighted by Crippen LogP contribution is 2.23. The van der Waals surface area contributed by atoms with Gasteiger partial charge in [-0.05, 0) is 39.0 Å². The number of ketones is 1. The minimum Gasteiger partial charge on any atom is -0.302 e. The van der Waals surface area contributed by atoms with Crippen LogP contribution in [0.1, 0.15) is 27.6 Å². The molecule has 0 aliphatic heterocycles. The Balaban J connectivity index is 1.80. The molecule has 0 saturated carbocycles. The van der Waals surface area contributed by atoms with Gasteiger partial charge in [-0.15, -0.1) is 16.8 Å². The molecule has 0 fully saturated rings. The van der Waals surface area contributed by atoms with Crippen LogP contribution in [0, 0.1) is 20.8 Å². The number of carbonyl (C=O) groups excluding carboxylic acids is 1. The SMILES string of the molecule is C=CCn1c(C)nnc1SCC(=O)c1cc(C)n(-c2ccccn2)c1C. The molecule has 6 nitrogen and oxygen atoms in total. The number of Topliss-reactive ketones (excluding diaryl/α,β-unsaturated/α-hetero) is 1. The molecule has 3 aromatic heterocycles. The molecule has 0 radical (unpaired) electrons. The minimum atomic E-state index is 0.0658. The lowest BCUT2D eigenvalue weighted by molar-refractivity contribution is 0.102. The van der Waals surface area contributed by atoms with E-state index in [0.717, 1.165) is 28.2 Å². The Labute approximate surface area is 157 Å². The van der Waals surface area contributed by atoms with Crippen LogP contribution in [-0.2, 0) is 6.54 Å². The summed E-state index contributed by atoms with van der Waals surface area (Å²) in [6.07, 6.45) is 3.54. The van der Waals surface area contributed by atoms with Crippen molar-refractivity contribution >= 4 is 17.5 Å². The van der Waals surface area contributed by atoms with Gasteiger partial charge in [0.1, 0.15) is 11.6 Å². The summed E-state index contributed by atoms with van der Waals surface area (Å²) >= 11 is 1.40. The zero-order valence-electron chi connectivity index (χ0n) is 15.1. The highest BCUT2D eigenvalue weighted by atomic mass is 32.2. The van der Waals surface area contributed by atoms with E-state index in [1.54, 1.807) is 12.3 Å². The summed E-state index contributed by atoms with van der Waals surface area (Å²) in [5.41, 5.74) is 2.60. The van der Waals surface area contributed by atoms with Crippen molar-refractivity contribution in [1.82, 2.24) is 24.3 Å². The van der Waals surface area contributed by atoms with Crippen molar-refractivity contribution in [3.63, 3.8) is 0 Å². The van der Waals surface area contributed by atoms with Crippen LogP contribution in [0.15, 0.2) is 48.3 Å². The molecular weight excluding hydrogens is 346 g/mol. The maximum Gasteiger partial charge on any atom is 0.191 e. The Kier molecular flexibility index (Phi) is 5.37. The number of aryl methyl sites for hydroxylation is 2. The molecule has 0 unspecified atom stereocenters. The number of aromatic nitrogens is 5. The van der Waals surface area contributed by atoms with E-state index in [-0.39, 0.29) is 5.78 Å². The molecule has 0 spiro atoms. The molecule has 0 atom stereocenters. The van der Waals surface area contributed by atoms with E-state index < -0.39 is 0 Å². The Bertz CT molecular complexity index is 942. The van der Waals surface area contributed by atoms with E-state index in [4.69, 9.17) is 0 Å². The van der Waals surface area contributed by atoms with Gasteiger partial charge in [-0.3, -0.25) is 4.79 Å². The van der Waals surface area contributed by atoms with Crippen molar-refractivity contribution in [2.45, 2.75) is 32.5 Å². The fourth-order valence-electron chi connectivity index (χ4n) is 2.90. The fourth-order valence-corrected chi connectivity index (χ4v) is 3.78. The first-order chi connectivity index (χ1) is 12.5. The van der Waals surface area contributed by atoms with Crippen LogP contribution < -0.4 is 0 Å². The van der Waals surface area contributed by atoms with Gasteiger partial charge in [-0.1, -0.05) is 23.9 Å². The molecule has 3 rings (SSSR count). The number of thioether (sulfide) groups is 1. The first-order valence-corrected chi connectivity index (χ1v) is 9.28. The van der Waals surface area contributed by atoms with Gasteiger partial charge in [0.05, 0.1) is 5.75 Å². The lowest BCUT2D eigenvalue weighted by atomic mass is 10.2. The molecule has 3 heterocycles. The largest absolute Gasteiger partial charge is 0.302 e. The second-order valence-electron chi connectivity index (χ2n) is 5.95. The second-order valence-corrected chi connectivity index (χ2v) is 6.89. The summed E-state index contributed by atoms with van der Waals surface area (Å²) in [7, 11) is 0. The average Bonchev–Trinajstić information content (AvgIpc) is 3.14. The van der Waals surface area contributed by atoms with Crippen LogP contribution in [0.4, 0.5) is 0 Å². The van der Waals surface area contributed by atoms with Crippen LogP contribution in [0.5, 0.6) is 0 Å². The van der Waals surface area contributed by atoms with Crippen molar-refractivity contribution in [2.75, 3.05) is 5.75 Å². The maximum absolute atomic E-state index is 12.8. The molecule has 134 valence electrons. The van der Waals surface area contributed by atoms with Crippen molar-refractivity contribution in [2.24, 2.45) is 0 Å². The molecule has 0 N–H and O–H groups in total. The van der Waals surface area contributed by atoms with Crippen molar-refractivity contribution in [3.05, 3.63) is 65.9 Å². The monoisotopic (exact) mass is 367 g/mol. The Morgan fingerprint density at radius 3 is 2.77 bits per heavy atom. The molecule has 0 aliphatic rings. The zero-order chi connectivity index (χ0) is 18.7. The van der Waals surface area contributed by atoms with Gasteiger partial charge in [0.25, 0.3) is 0 Å². The van der Waals surface area contributed by atoms with Gasteiger partial charge in [0.15, 0.2) is 10.9 Å². The summed E-state index contributed by atoms with van der Waals surface area (Å²) in [6, 6.07) is 7.67. The Morgan fingerprint density at radius 1 is 1.27 bits per heavy atom. The highest BCUT2D eigenvalue weighted by molar-refractivity contribution is 7.99. The third-order valence-corrected chi connectivity index (χ3v) is 5.12. The average molecular weight is 367 g/mol. The smallest absolute Gasteiger partial charge is 0.191 e. The van der Waals surface area contributed by atoms with Crippen LogP contribution in [-0.4, -0.2) is 35.9 Å². The summed E-state index contributed by atoms with van der Waals surface area (Å²) in [5, 5.41) is 8.97. The number of hydrogen-bond donors (Lipinski definition) is 0. The van der Waals surface area contributed by atoms with Crippen molar-refractivity contribution in [1.29, 1.82) is 0 Å². The number of pyridine rings is 1. The molecule has 0 aliphatic carbocycles. The molecule has 0 amide bonds. The molecule has 7 heteroatoms. The molecule has 0 bridgehead atoms. The zero-order valence-corrected chi connectivity index (χ0v) is 16.0. The highest BCUT2D eigenvalue weighted by Gasteiger charge is 2.18. The van der Waals surface area contributed by atoms with E-state index >= 15 is 0 Å². The number of hydrogen-bond acceptors (Lipinski definition) is 5.